The third-order valence-electron chi connectivity index (χ3n) is 4.35. The van der Waals surface area contributed by atoms with Crippen LogP contribution in [0.15, 0.2) is 30.3 Å². The third kappa shape index (κ3) is 4.07. The molecule has 1 saturated heterocycles. The molecule has 20 heavy (non-hydrogen) atoms. The average molecular weight is 274 g/mol. The number of piperidine rings is 1. The van der Waals surface area contributed by atoms with E-state index in [9.17, 15) is 4.79 Å². The van der Waals surface area contributed by atoms with Crippen LogP contribution < -0.4 is 5.73 Å². The second-order valence-corrected chi connectivity index (χ2v) is 5.88. The lowest BCUT2D eigenvalue weighted by atomic mass is 9.89. The van der Waals surface area contributed by atoms with Crippen molar-refractivity contribution in [3.05, 3.63) is 35.9 Å². The monoisotopic (exact) mass is 274 g/mol. The summed E-state index contributed by atoms with van der Waals surface area (Å²) in [6.07, 6.45) is 5.39. The van der Waals surface area contributed by atoms with Gasteiger partial charge in [0, 0.05) is 0 Å². The molecule has 0 spiro atoms. The van der Waals surface area contributed by atoms with Crippen molar-refractivity contribution < 1.29 is 4.79 Å². The van der Waals surface area contributed by atoms with Crippen LogP contribution in [0.25, 0.3) is 0 Å². The van der Waals surface area contributed by atoms with Gasteiger partial charge in [-0.2, -0.15) is 0 Å². The molecule has 110 valence electrons. The molecule has 2 N–H and O–H groups in total. The van der Waals surface area contributed by atoms with Crippen molar-refractivity contribution >= 4 is 5.91 Å². The summed E-state index contributed by atoms with van der Waals surface area (Å²) in [5.41, 5.74) is 6.95. The van der Waals surface area contributed by atoms with Crippen LogP contribution in [0.1, 0.15) is 38.2 Å². The van der Waals surface area contributed by atoms with Crippen LogP contribution >= 0.6 is 0 Å². The molecule has 2 rings (SSSR count). The minimum absolute atomic E-state index is 0.0577. The molecule has 0 saturated carbocycles. The first-order valence-corrected chi connectivity index (χ1v) is 7.78. The van der Waals surface area contributed by atoms with Gasteiger partial charge in [0.25, 0.3) is 0 Å². The Kier molecular flexibility index (Phi) is 5.60. The van der Waals surface area contributed by atoms with E-state index in [0.29, 0.717) is 0 Å². The fourth-order valence-corrected chi connectivity index (χ4v) is 3.19. The Hall–Kier alpha value is -1.35. The summed E-state index contributed by atoms with van der Waals surface area (Å²) >= 11 is 0. The smallest absolute Gasteiger partial charge is 0.234 e. The molecule has 3 nitrogen and oxygen atoms in total. The van der Waals surface area contributed by atoms with E-state index in [2.05, 4.69) is 42.2 Å². The fraction of sp³-hybridized carbons (Fsp3) is 0.588. The molecule has 1 atom stereocenters. The summed E-state index contributed by atoms with van der Waals surface area (Å²) in [5, 5.41) is 0. The largest absolute Gasteiger partial charge is 0.368 e. The molecule has 1 aromatic rings. The summed E-state index contributed by atoms with van der Waals surface area (Å²) in [5.74, 6) is 0.581. The van der Waals surface area contributed by atoms with Crippen molar-refractivity contribution in [2.45, 2.75) is 45.1 Å². The molecule has 1 aliphatic rings. The molecule has 1 aromatic carbocycles. The Morgan fingerprint density at radius 2 is 1.95 bits per heavy atom. The van der Waals surface area contributed by atoms with Crippen LogP contribution in [-0.4, -0.2) is 29.9 Å². The highest BCUT2D eigenvalue weighted by atomic mass is 16.1. The van der Waals surface area contributed by atoms with Crippen LogP contribution in [0.4, 0.5) is 0 Å². The van der Waals surface area contributed by atoms with Gasteiger partial charge in [-0.25, -0.2) is 0 Å². The van der Waals surface area contributed by atoms with Crippen molar-refractivity contribution in [3.63, 3.8) is 0 Å². The topological polar surface area (TPSA) is 46.3 Å². The number of amides is 1. The van der Waals surface area contributed by atoms with Crippen molar-refractivity contribution in [1.29, 1.82) is 0 Å². The van der Waals surface area contributed by atoms with E-state index in [4.69, 9.17) is 5.73 Å². The zero-order chi connectivity index (χ0) is 14.4. The predicted molar refractivity (Wildman–Crippen MR) is 82.3 cm³/mol. The molecular formula is C17H26N2O. The summed E-state index contributed by atoms with van der Waals surface area (Å²) in [4.78, 5) is 13.8. The SMILES string of the molecule is CCCC(C(N)=O)N1CCC(Cc2ccccc2)CC1. The van der Waals surface area contributed by atoms with Crippen LogP contribution in [-0.2, 0) is 11.2 Å². The van der Waals surface area contributed by atoms with Gasteiger partial charge in [0.2, 0.25) is 5.91 Å². The number of likely N-dealkylation sites (tertiary alicyclic amines) is 1. The fourth-order valence-electron chi connectivity index (χ4n) is 3.19. The lowest BCUT2D eigenvalue weighted by Crippen LogP contribution is -2.48. The van der Waals surface area contributed by atoms with E-state index < -0.39 is 0 Å². The maximum Gasteiger partial charge on any atom is 0.234 e. The van der Waals surface area contributed by atoms with Crippen molar-refractivity contribution in [3.8, 4) is 0 Å². The third-order valence-corrected chi connectivity index (χ3v) is 4.35. The normalized spacial score (nSPS) is 18.9. The minimum Gasteiger partial charge on any atom is -0.368 e. The molecular weight excluding hydrogens is 248 g/mol. The molecule has 1 heterocycles. The number of rotatable bonds is 6. The summed E-state index contributed by atoms with van der Waals surface area (Å²) in [6.45, 7) is 4.12. The van der Waals surface area contributed by atoms with E-state index in [-0.39, 0.29) is 11.9 Å². The first kappa shape index (κ1) is 15.0. The Labute approximate surface area is 122 Å². The molecule has 0 radical (unpaired) electrons. The van der Waals surface area contributed by atoms with E-state index in [1.54, 1.807) is 0 Å². The standard InChI is InChI=1S/C17H26N2O/c1-2-6-16(17(18)20)19-11-9-15(10-12-19)13-14-7-4-3-5-8-14/h3-5,7-8,15-16H,2,6,9-13H2,1H3,(H2,18,20). The molecule has 0 aromatic heterocycles. The highest BCUT2D eigenvalue weighted by molar-refractivity contribution is 5.79. The number of hydrogen-bond donors (Lipinski definition) is 1. The number of benzene rings is 1. The number of nitrogens with two attached hydrogens (primary N) is 1. The first-order valence-electron chi connectivity index (χ1n) is 7.78. The minimum atomic E-state index is -0.159. The summed E-state index contributed by atoms with van der Waals surface area (Å²) in [6, 6.07) is 10.6. The van der Waals surface area contributed by atoms with Crippen LogP contribution in [0.3, 0.4) is 0 Å². The van der Waals surface area contributed by atoms with Crippen LogP contribution in [0.2, 0.25) is 0 Å². The number of carbonyl (C=O) groups excluding carboxylic acids is 1. The molecule has 0 aliphatic carbocycles. The maximum atomic E-state index is 11.5. The van der Waals surface area contributed by atoms with Gasteiger partial charge in [-0.1, -0.05) is 43.7 Å². The predicted octanol–water partition coefficient (Wildman–Crippen LogP) is 2.60. The lowest BCUT2D eigenvalue weighted by Gasteiger charge is -2.36. The van der Waals surface area contributed by atoms with Crippen LogP contribution in [0, 0.1) is 5.92 Å². The molecule has 1 aliphatic heterocycles. The van der Waals surface area contributed by atoms with Gasteiger partial charge < -0.3 is 5.73 Å². The zero-order valence-electron chi connectivity index (χ0n) is 12.4. The highest BCUT2D eigenvalue weighted by Gasteiger charge is 2.27. The van der Waals surface area contributed by atoms with Gasteiger partial charge in [-0.15, -0.1) is 0 Å². The number of primary amides is 1. The van der Waals surface area contributed by atoms with Crippen molar-refractivity contribution in [1.82, 2.24) is 4.90 Å². The van der Waals surface area contributed by atoms with Gasteiger partial charge in [-0.05, 0) is 50.3 Å². The molecule has 1 unspecified atom stereocenters. The lowest BCUT2D eigenvalue weighted by molar-refractivity contribution is -0.124. The van der Waals surface area contributed by atoms with Gasteiger partial charge >= 0.3 is 0 Å². The Morgan fingerprint density at radius 1 is 1.30 bits per heavy atom. The van der Waals surface area contributed by atoms with Gasteiger partial charge in [0.15, 0.2) is 0 Å². The Morgan fingerprint density at radius 3 is 2.50 bits per heavy atom. The molecule has 0 bridgehead atoms. The van der Waals surface area contributed by atoms with Gasteiger partial charge in [0.1, 0.15) is 0 Å². The number of carbonyl (C=O) groups is 1. The van der Waals surface area contributed by atoms with Crippen molar-refractivity contribution in [2.24, 2.45) is 11.7 Å². The Balaban J connectivity index is 1.84. The quantitative estimate of drug-likeness (QED) is 0.866. The first-order chi connectivity index (χ1) is 9.70. The maximum absolute atomic E-state index is 11.5. The number of nitrogens with zero attached hydrogens (tertiary/aromatic N) is 1. The van der Waals surface area contributed by atoms with Crippen molar-refractivity contribution in [2.75, 3.05) is 13.1 Å². The summed E-state index contributed by atoms with van der Waals surface area (Å²) in [7, 11) is 0. The van der Waals surface area contributed by atoms with Gasteiger partial charge in [0.05, 0.1) is 6.04 Å². The second kappa shape index (κ2) is 7.44. The number of hydrogen-bond acceptors (Lipinski definition) is 2. The van der Waals surface area contributed by atoms with E-state index in [0.717, 1.165) is 38.3 Å². The molecule has 3 heteroatoms. The molecule has 1 amide bonds. The van der Waals surface area contributed by atoms with E-state index in [1.807, 2.05) is 0 Å². The van der Waals surface area contributed by atoms with E-state index >= 15 is 0 Å². The van der Waals surface area contributed by atoms with Crippen LogP contribution in [0.5, 0.6) is 0 Å². The van der Waals surface area contributed by atoms with Gasteiger partial charge in [-0.3, -0.25) is 9.69 Å². The average Bonchev–Trinajstić information content (AvgIpc) is 2.47. The second-order valence-electron chi connectivity index (χ2n) is 5.88. The summed E-state index contributed by atoms with van der Waals surface area (Å²) < 4.78 is 0. The zero-order valence-corrected chi connectivity index (χ0v) is 12.4. The molecule has 1 fully saturated rings. The Bertz CT molecular complexity index is 410. The van der Waals surface area contributed by atoms with E-state index in [1.165, 1.54) is 18.4 Å². The highest BCUT2D eigenvalue weighted by Crippen LogP contribution is 2.23.